The molecule has 0 atom stereocenters. The van der Waals surface area contributed by atoms with Crippen molar-refractivity contribution in [1.82, 2.24) is 9.66 Å². The fraction of sp³-hybridized carbons (Fsp3) is 0.0588. The standard InChI is InChI=1S/C17H16N6O2/c1-12-2-4-13(5-3-12)16-10-11-22(18)17(19-16)21-20-14-6-8-15(9-7-14)23(24)25/h2-11,20H,18H2,1H3/b21-17+. The number of nitrogens with two attached hydrogens (primary N) is 1. The van der Waals surface area contributed by atoms with Crippen molar-refractivity contribution in [3.8, 4) is 11.3 Å². The van der Waals surface area contributed by atoms with Crippen LogP contribution in [0.15, 0.2) is 65.9 Å². The van der Waals surface area contributed by atoms with Crippen LogP contribution in [0.2, 0.25) is 0 Å². The molecule has 0 fully saturated rings. The fourth-order valence-electron chi connectivity index (χ4n) is 2.16. The molecule has 0 amide bonds. The molecule has 0 saturated carbocycles. The molecule has 25 heavy (non-hydrogen) atoms. The molecule has 0 radical (unpaired) electrons. The Morgan fingerprint density at radius 3 is 2.44 bits per heavy atom. The first-order valence-corrected chi connectivity index (χ1v) is 7.49. The third-order valence-corrected chi connectivity index (χ3v) is 3.55. The predicted octanol–water partition coefficient (Wildman–Crippen LogP) is 2.41. The van der Waals surface area contributed by atoms with Crippen molar-refractivity contribution in [2.45, 2.75) is 6.92 Å². The molecular weight excluding hydrogens is 320 g/mol. The lowest BCUT2D eigenvalue weighted by Gasteiger charge is -2.05. The van der Waals surface area contributed by atoms with Gasteiger partial charge in [0.05, 0.1) is 16.3 Å². The van der Waals surface area contributed by atoms with Crippen LogP contribution in [0.5, 0.6) is 0 Å². The van der Waals surface area contributed by atoms with E-state index >= 15 is 0 Å². The highest BCUT2D eigenvalue weighted by atomic mass is 16.6. The molecule has 8 nitrogen and oxygen atoms in total. The van der Waals surface area contributed by atoms with E-state index < -0.39 is 4.92 Å². The summed E-state index contributed by atoms with van der Waals surface area (Å²) in [6, 6.07) is 15.7. The SMILES string of the molecule is Cc1ccc(-c2ccn(N)/c(=N/Nc3ccc([N+](=O)[O-])cc3)n2)cc1. The molecule has 0 bridgehead atoms. The largest absolute Gasteiger partial charge is 0.337 e. The Bertz CT molecular complexity index is 962. The summed E-state index contributed by atoms with van der Waals surface area (Å²) in [7, 11) is 0. The van der Waals surface area contributed by atoms with E-state index in [1.54, 1.807) is 24.4 Å². The third kappa shape index (κ3) is 3.81. The summed E-state index contributed by atoms with van der Waals surface area (Å²) in [4.78, 5) is 14.6. The normalized spacial score (nSPS) is 11.3. The molecule has 8 heteroatoms. The number of rotatable bonds is 4. The van der Waals surface area contributed by atoms with E-state index in [1.807, 2.05) is 31.2 Å². The van der Waals surface area contributed by atoms with Gasteiger partial charge >= 0.3 is 0 Å². The van der Waals surface area contributed by atoms with Crippen molar-refractivity contribution in [1.29, 1.82) is 0 Å². The molecule has 1 aromatic heterocycles. The van der Waals surface area contributed by atoms with Crippen LogP contribution in [0, 0.1) is 17.0 Å². The monoisotopic (exact) mass is 336 g/mol. The molecule has 0 aliphatic carbocycles. The minimum atomic E-state index is -0.457. The van der Waals surface area contributed by atoms with Crippen molar-refractivity contribution < 1.29 is 4.92 Å². The number of hydrogen-bond acceptors (Lipinski definition) is 6. The van der Waals surface area contributed by atoms with Crippen LogP contribution in [0.3, 0.4) is 0 Å². The Morgan fingerprint density at radius 1 is 1.12 bits per heavy atom. The van der Waals surface area contributed by atoms with Crippen molar-refractivity contribution in [2.75, 3.05) is 11.3 Å². The molecule has 3 rings (SSSR count). The molecule has 3 aromatic rings. The van der Waals surface area contributed by atoms with E-state index in [4.69, 9.17) is 5.84 Å². The first kappa shape index (κ1) is 16.2. The van der Waals surface area contributed by atoms with E-state index in [2.05, 4.69) is 15.5 Å². The van der Waals surface area contributed by atoms with Crippen molar-refractivity contribution in [3.05, 3.63) is 82.1 Å². The summed E-state index contributed by atoms with van der Waals surface area (Å²) in [6.07, 6.45) is 1.67. The van der Waals surface area contributed by atoms with Crippen molar-refractivity contribution in [2.24, 2.45) is 5.10 Å². The molecule has 3 N–H and O–H groups in total. The molecule has 126 valence electrons. The van der Waals surface area contributed by atoms with Gasteiger partial charge in [0.15, 0.2) is 0 Å². The molecule has 0 unspecified atom stereocenters. The fourth-order valence-corrected chi connectivity index (χ4v) is 2.16. The predicted molar refractivity (Wildman–Crippen MR) is 94.8 cm³/mol. The quantitative estimate of drug-likeness (QED) is 0.432. The lowest BCUT2D eigenvalue weighted by atomic mass is 10.1. The Hall–Kier alpha value is -3.68. The Balaban J connectivity index is 1.88. The summed E-state index contributed by atoms with van der Waals surface area (Å²) in [5.74, 6) is 5.85. The van der Waals surface area contributed by atoms with Crippen LogP contribution < -0.4 is 16.9 Å². The summed E-state index contributed by atoms with van der Waals surface area (Å²) < 4.78 is 1.29. The van der Waals surface area contributed by atoms with Gasteiger partial charge in [-0.1, -0.05) is 29.8 Å². The Kier molecular flexibility index (Phi) is 4.42. The molecule has 0 aliphatic heterocycles. The highest BCUT2D eigenvalue weighted by molar-refractivity contribution is 5.58. The first-order valence-electron chi connectivity index (χ1n) is 7.49. The van der Waals surface area contributed by atoms with Gasteiger partial charge in [0.25, 0.3) is 11.3 Å². The minimum absolute atomic E-state index is 0.0129. The van der Waals surface area contributed by atoms with Crippen molar-refractivity contribution in [3.63, 3.8) is 0 Å². The van der Waals surface area contributed by atoms with Gasteiger partial charge in [0.1, 0.15) is 0 Å². The number of hydrogen-bond donors (Lipinski definition) is 2. The van der Waals surface area contributed by atoms with Gasteiger partial charge in [-0.15, -0.1) is 5.10 Å². The van der Waals surface area contributed by atoms with Crippen LogP contribution in [0.25, 0.3) is 11.3 Å². The second-order valence-corrected chi connectivity index (χ2v) is 5.41. The number of non-ortho nitro benzene ring substituents is 1. The van der Waals surface area contributed by atoms with Crippen LogP contribution in [0.1, 0.15) is 5.56 Å². The highest BCUT2D eigenvalue weighted by Gasteiger charge is 2.04. The van der Waals surface area contributed by atoms with Gasteiger partial charge in [0.2, 0.25) is 0 Å². The molecule has 0 aliphatic rings. The zero-order chi connectivity index (χ0) is 17.8. The number of nitrogens with zero attached hydrogens (tertiary/aromatic N) is 4. The van der Waals surface area contributed by atoms with Gasteiger partial charge in [-0.25, -0.2) is 9.66 Å². The molecule has 0 saturated heterocycles. The minimum Gasteiger partial charge on any atom is -0.337 e. The zero-order valence-electron chi connectivity index (χ0n) is 13.5. The number of nitro benzene ring substituents is 1. The maximum atomic E-state index is 10.7. The average molecular weight is 336 g/mol. The van der Waals surface area contributed by atoms with Crippen molar-refractivity contribution >= 4 is 11.4 Å². The highest BCUT2D eigenvalue weighted by Crippen LogP contribution is 2.16. The van der Waals surface area contributed by atoms with E-state index in [0.29, 0.717) is 5.69 Å². The zero-order valence-corrected chi connectivity index (χ0v) is 13.5. The maximum absolute atomic E-state index is 10.7. The summed E-state index contributed by atoms with van der Waals surface area (Å²) in [6.45, 7) is 2.02. The van der Waals surface area contributed by atoms with E-state index in [1.165, 1.54) is 22.4 Å². The molecule has 2 aromatic carbocycles. The summed E-state index contributed by atoms with van der Waals surface area (Å²) in [5.41, 5.74) is 6.54. The lowest BCUT2D eigenvalue weighted by Crippen LogP contribution is -2.31. The summed E-state index contributed by atoms with van der Waals surface area (Å²) in [5, 5.41) is 14.8. The van der Waals surface area contributed by atoms with Gasteiger partial charge in [0, 0.05) is 23.9 Å². The summed E-state index contributed by atoms with van der Waals surface area (Å²) >= 11 is 0. The Labute approximate surface area is 143 Å². The first-order chi connectivity index (χ1) is 12.0. The van der Waals surface area contributed by atoms with E-state index in [9.17, 15) is 10.1 Å². The van der Waals surface area contributed by atoms with Gasteiger partial charge in [-0.3, -0.25) is 15.5 Å². The number of anilines is 1. The topological polar surface area (TPSA) is 111 Å². The van der Waals surface area contributed by atoms with Gasteiger partial charge in [-0.05, 0) is 25.1 Å². The molecule has 1 heterocycles. The number of nitrogens with one attached hydrogen (secondary N) is 1. The third-order valence-electron chi connectivity index (χ3n) is 3.55. The van der Waals surface area contributed by atoms with E-state index in [0.717, 1.165) is 11.3 Å². The number of nitrogen functional groups attached to an aromatic ring is 1. The maximum Gasteiger partial charge on any atom is 0.269 e. The number of nitro groups is 1. The van der Waals surface area contributed by atoms with Crippen LogP contribution in [-0.2, 0) is 0 Å². The van der Waals surface area contributed by atoms with Crippen LogP contribution >= 0.6 is 0 Å². The smallest absolute Gasteiger partial charge is 0.269 e. The van der Waals surface area contributed by atoms with Gasteiger partial charge in [-0.2, -0.15) is 0 Å². The number of aryl methyl sites for hydroxylation is 1. The second kappa shape index (κ2) is 6.83. The second-order valence-electron chi connectivity index (χ2n) is 5.41. The van der Waals surface area contributed by atoms with Gasteiger partial charge < -0.3 is 5.84 Å². The molecular formula is C17H16N6O2. The van der Waals surface area contributed by atoms with Crippen LogP contribution in [-0.4, -0.2) is 14.6 Å². The Morgan fingerprint density at radius 2 is 1.80 bits per heavy atom. The number of aromatic nitrogens is 2. The van der Waals surface area contributed by atoms with E-state index in [-0.39, 0.29) is 11.3 Å². The van der Waals surface area contributed by atoms with Crippen LogP contribution in [0.4, 0.5) is 11.4 Å². The lowest BCUT2D eigenvalue weighted by molar-refractivity contribution is -0.384. The number of benzene rings is 2. The molecule has 0 spiro atoms. The average Bonchev–Trinajstić information content (AvgIpc) is 2.62.